The lowest BCUT2D eigenvalue weighted by atomic mass is 9.93. The van der Waals surface area contributed by atoms with E-state index in [9.17, 15) is 0 Å². The number of thioether (sulfide) groups is 1. The summed E-state index contributed by atoms with van der Waals surface area (Å²) in [7, 11) is 0. The highest BCUT2D eigenvalue weighted by Crippen LogP contribution is 2.27. The minimum Gasteiger partial charge on any atom is -0.396 e. The summed E-state index contributed by atoms with van der Waals surface area (Å²) < 4.78 is 0. The van der Waals surface area contributed by atoms with E-state index in [4.69, 9.17) is 5.11 Å². The van der Waals surface area contributed by atoms with Gasteiger partial charge < -0.3 is 5.11 Å². The maximum atomic E-state index is 8.88. The summed E-state index contributed by atoms with van der Waals surface area (Å²) in [6.07, 6.45) is 5.03. The Hall–Kier alpha value is 0.270. The zero-order chi connectivity index (χ0) is 9.80. The topological polar surface area (TPSA) is 23.5 Å². The predicted molar refractivity (Wildman–Crippen MR) is 61.7 cm³/mol. The third-order valence-electron chi connectivity index (χ3n) is 3.61. The average molecular weight is 215 g/mol. The second-order valence-corrected chi connectivity index (χ2v) is 5.66. The second-order valence-electron chi connectivity index (χ2n) is 4.51. The molecule has 0 aromatic heterocycles. The van der Waals surface area contributed by atoms with Crippen molar-refractivity contribution in [2.24, 2.45) is 5.92 Å². The van der Waals surface area contributed by atoms with Crippen LogP contribution in [0.15, 0.2) is 0 Å². The minimum atomic E-state index is 0.379. The van der Waals surface area contributed by atoms with Gasteiger partial charge in [0, 0.05) is 18.4 Å². The van der Waals surface area contributed by atoms with Gasteiger partial charge in [0.05, 0.1) is 0 Å². The third kappa shape index (κ3) is 2.65. The Morgan fingerprint density at radius 3 is 2.57 bits per heavy atom. The van der Waals surface area contributed by atoms with Crippen LogP contribution in [-0.2, 0) is 0 Å². The molecule has 14 heavy (non-hydrogen) atoms. The lowest BCUT2D eigenvalue weighted by molar-refractivity contribution is 0.128. The van der Waals surface area contributed by atoms with Crippen LogP contribution >= 0.6 is 11.8 Å². The van der Waals surface area contributed by atoms with Gasteiger partial charge in [-0.3, -0.25) is 4.90 Å². The Morgan fingerprint density at radius 1 is 1.21 bits per heavy atom. The lowest BCUT2D eigenvalue weighted by Gasteiger charge is -2.35. The molecule has 0 radical (unpaired) electrons. The number of aliphatic hydroxyl groups is 1. The van der Waals surface area contributed by atoms with Gasteiger partial charge in [-0.1, -0.05) is 0 Å². The number of hydrogen-bond acceptors (Lipinski definition) is 3. The second kappa shape index (κ2) is 5.38. The summed E-state index contributed by atoms with van der Waals surface area (Å²) in [6.45, 7) is 2.93. The molecule has 0 aliphatic carbocycles. The van der Waals surface area contributed by atoms with E-state index in [1.807, 2.05) is 0 Å². The summed E-state index contributed by atoms with van der Waals surface area (Å²) in [5, 5.41) is 8.88. The monoisotopic (exact) mass is 215 g/mol. The van der Waals surface area contributed by atoms with Crippen LogP contribution in [0.2, 0.25) is 0 Å². The molecule has 2 nitrogen and oxygen atoms in total. The fourth-order valence-electron chi connectivity index (χ4n) is 2.60. The first-order chi connectivity index (χ1) is 6.90. The van der Waals surface area contributed by atoms with Crippen molar-refractivity contribution in [3.05, 3.63) is 0 Å². The Morgan fingerprint density at radius 2 is 2.00 bits per heavy atom. The maximum absolute atomic E-state index is 8.88. The van der Waals surface area contributed by atoms with Crippen LogP contribution in [0, 0.1) is 5.92 Å². The molecule has 1 unspecified atom stereocenters. The van der Waals surface area contributed by atoms with Crippen molar-refractivity contribution in [2.45, 2.75) is 31.7 Å². The maximum Gasteiger partial charge on any atom is 0.0433 e. The average Bonchev–Trinajstić information content (AvgIpc) is 2.72. The molecule has 2 heterocycles. The fourth-order valence-corrected chi connectivity index (χ4v) is 3.85. The van der Waals surface area contributed by atoms with E-state index in [2.05, 4.69) is 16.7 Å². The SMILES string of the molecule is OCCC1CCN(C2CCSC2)CC1. The molecule has 0 aromatic rings. The first kappa shape index (κ1) is 10.8. The van der Waals surface area contributed by atoms with Gasteiger partial charge in [0.2, 0.25) is 0 Å². The third-order valence-corrected chi connectivity index (χ3v) is 4.75. The van der Waals surface area contributed by atoms with Crippen molar-refractivity contribution in [3.63, 3.8) is 0 Å². The smallest absolute Gasteiger partial charge is 0.0433 e. The van der Waals surface area contributed by atoms with Gasteiger partial charge in [-0.2, -0.15) is 11.8 Å². The molecular weight excluding hydrogens is 194 g/mol. The van der Waals surface area contributed by atoms with Crippen LogP contribution in [0.3, 0.4) is 0 Å². The van der Waals surface area contributed by atoms with Crippen LogP contribution in [0.1, 0.15) is 25.7 Å². The zero-order valence-electron chi connectivity index (χ0n) is 8.82. The van der Waals surface area contributed by atoms with Crippen molar-refractivity contribution in [1.29, 1.82) is 0 Å². The van der Waals surface area contributed by atoms with Gasteiger partial charge in [-0.05, 0) is 50.4 Å². The van der Waals surface area contributed by atoms with Crippen molar-refractivity contribution in [2.75, 3.05) is 31.2 Å². The van der Waals surface area contributed by atoms with Crippen molar-refractivity contribution >= 4 is 11.8 Å². The molecule has 0 spiro atoms. The molecular formula is C11H21NOS. The number of nitrogens with zero attached hydrogens (tertiary/aromatic N) is 1. The van der Waals surface area contributed by atoms with E-state index in [0.717, 1.165) is 18.4 Å². The molecule has 82 valence electrons. The molecule has 2 aliphatic rings. The fraction of sp³-hybridized carbons (Fsp3) is 1.00. The lowest BCUT2D eigenvalue weighted by Crippen LogP contribution is -2.41. The Balaban J connectivity index is 1.72. The van der Waals surface area contributed by atoms with E-state index in [1.165, 1.54) is 43.9 Å². The van der Waals surface area contributed by atoms with E-state index in [0.29, 0.717) is 6.61 Å². The first-order valence-corrected chi connectivity index (χ1v) is 6.98. The summed E-state index contributed by atoms with van der Waals surface area (Å²) in [6, 6.07) is 0.870. The van der Waals surface area contributed by atoms with E-state index in [-0.39, 0.29) is 0 Å². The summed E-state index contributed by atoms with van der Waals surface area (Å²) in [5.74, 6) is 3.51. The molecule has 2 rings (SSSR count). The molecule has 3 heteroatoms. The van der Waals surface area contributed by atoms with Gasteiger partial charge in [0.1, 0.15) is 0 Å². The van der Waals surface area contributed by atoms with Crippen LogP contribution in [0.4, 0.5) is 0 Å². The summed E-state index contributed by atoms with van der Waals surface area (Å²) >= 11 is 2.11. The number of piperidine rings is 1. The summed E-state index contributed by atoms with van der Waals surface area (Å²) in [5.41, 5.74) is 0. The van der Waals surface area contributed by atoms with Gasteiger partial charge in [-0.15, -0.1) is 0 Å². The molecule has 0 amide bonds. The van der Waals surface area contributed by atoms with Crippen LogP contribution < -0.4 is 0 Å². The first-order valence-electron chi connectivity index (χ1n) is 5.83. The number of aliphatic hydroxyl groups excluding tert-OH is 1. The molecule has 0 saturated carbocycles. The van der Waals surface area contributed by atoms with Gasteiger partial charge in [0.25, 0.3) is 0 Å². The van der Waals surface area contributed by atoms with Crippen LogP contribution in [-0.4, -0.2) is 47.3 Å². The number of rotatable bonds is 3. The highest BCUT2D eigenvalue weighted by atomic mass is 32.2. The Kier molecular flexibility index (Phi) is 4.14. The Labute approximate surface area is 91.1 Å². The van der Waals surface area contributed by atoms with Gasteiger partial charge >= 0.3 is 0 Å². The molecule has 1 N–H and O–H groups in total. The van der Waals surface area contributed by atoms with Crippen molar-refractivity contribution in [1.82, 2.24) is 4.90 Å². The highest BCUT2D eigenvalue weighted by Gasteiger charge is 2.26. The zero-order valence-corrected chi connectivity index (χ0v) is 9.64. The van der Waals surface area contributed by atoms with E-state index in [1.54, 1.807) is 0 Å². The minimum absolute atomic E-state index is 0.379. The quantitative estimate of drug-likeness (QED) is 0.773. The van der Waals surface area contributed by atoms with Gasteiger partial charge in [0.15, 0.2) is 0 Å². The molecule has 2 saturated heterocycles. The number of likely N-dealkylation sites (tertiary alicyclic amines) is 1. The normalized spacial score (nSPS) is 31.1. The molecule has 0 bridgehead atoms. The van der Waals surface area contributed by atoms with E-state index < -0.39 is 0 Å². The van der Waals surface area contributed by atoms with Gasteiger partial charge in [-0.25, -0.2) is 0 Å². The summed E-state index contributed by atoms with van der Waals surface area (Å²) in [4.78, 5) is 2.67. The highest BCUT2D eigenvalue weighted by molar-refractivity contribution is 7.99. The molecule has 1 atom stereocenters. The van der Waals surface area contributed by atoms with Crippen LogP contribution in [0.25, 0.3) is 0 Å². The van der Waals surface area contributed by atoms with Crippen molar-refractivity contribution < 1.29 is 5.11 Å². The van der Waals surface area contributed by atoms with E-state index >= 15 is 0 Å². The Bertz CT molecular complexity index is 163. The van der Waals surface area contributed by atoms with Crippen LogP contribution in [0.5, 0.6) is 0 Å². The standard InChI is InChI=1S/C11H21NOS/c13-7-3-10-1-5-12(6-2-10)11-4-8-14-9-11/h10-11,13H,1-9H2. The molecule has 2 aliphatic heterocycles. The molecule has 0 aromatic carbocycles. The van der Waals surface area contributed by atoms with Crippen molar-refractivity contribution in [3.8, 4) is 0 Å². The predicted octanol–water partition coefficient (Wildman–Crippen LogP) is 1.59. The molecule has 2 fully saturated rings. The number of hydrogen-bond donors (Lipinski definition) is 1. The largest absolute Gasteiger partial charge is 0.396 e.